The van der Waals surface area contributed by atoms with E-state index < -0.39 is 0 Å². The zero-order valence-electron chi connectivity index (χ0n) is 11.4. The molecule has 0 spiro atoms. The summed E-state index contributed by atoms with van der Waals surface area (Å²) in [5.41, 5.74) is 2.74. The summed E-state index contributed by atoms with van der Waals surface area (Å²) in [4.78, 5) is 0. The quantitative estimate of drug-likeness (QED) is 0.925. The number of ether oxygens (including phenoxy) is 2. The van der Waals surface area contributed by atoms with Crippen molar-refractivity contribution in [1.29, 1.82) is 0 Å². The maximum Gasteiger partial charge on any atom is 0.161 e. The number of nitrogens with one attached hydrogen (secondary N) is 1. The van der Waals surface area contributed by atoms with Gasteiger partial charge >= 0.3 is 0 Å². The molecule has 0 atom stereocenters. The average molecular weight is 271 g/mol. The number of fused-ring (bicyclic) bond motifs is 1. The highest BCUT2D eigenvalue weighted by Crippen LogP contribution is 2.33. The first-order chi connectivity index (χ1) is 9.86. The Morgan fingerprint density at radius 3 is 2.65 bits per heavy atom. The van der Waals surface area contributed by atoms with Gasteiger partial charge in [0.15, 0.2) is 11.5 Å². The lowest BCUT2D eigenvalue weighted by Gasteiger charge is -2.09. The molecule has 0 bridgehead atoms. The van der Waals surface area contributed by atoms with E-state index in [4.69, 9.17) is 9.47 Å². The second-order valence-corrected chi connectivity index (χ2v) is 4.65. The third-order valence-electron chi connectivity index (χ3n) is 3.12. The molecule has 1 aliphatic rings. The smallest absolute Gasteiger partial charge is 0.161 e. The molecule has 104 valence electrons. The highest BCUT2D eigenvalue weighted by Gasteiger charge is 2.12. The molecule has 1 aromatic heterocycles. The lowest BCUT2D eigenvalue weighted by molar-refractivity contribution is 0.297. The Bertz CT molecular complexity index is 584. The van der Waals surface area contributed by atoms with Crippen LogP contribution < -0.4 is 14.8 Å². The van der Waals surface area contributed by atoms with Crippen LogP contribution in [-0.2, 0) is 6.54 Å². The van der Waals surface area contributed by atoms with E-state index in [1.807, 2.05) is 37.4 Å². The van der Waals surface area contributed by atoms with Crippen molar-refractivity contribution in [2.45, 2.75) is 13.0 Å². The van der Waals surface area contributed by atoms with E-state index >= 15 is 0 Å². The van der Waals surface area contributed by atoms with Crippen LogP contribution in [0.2, 0.25) is 0 Å². The zero-order chi connectivity index (χ0) is 13.8. The Labute approximate surface area is 117 Å². The fourth-order valence-corrected chi connectivity index (χ4v) is 2.11. The maximum absolute atomic E-state index is 5.69. The number of benzene rings is 1. The topological polar surface area (TPSA) is 56.3 Å². The van der Waals surface area contributed by atoms with E-state index in [0.717, 1.165) is 34.9 Å². The van der Waals surface area contributed by atoms with Gasteiger partial charge in [0.1, 0.15) is 0 Å². The minimum Gasteiger partial charge on any atom is -0.490 e. The van der Waals surface area contributed by atoms with Crippen molar-refractivity contribution in [3.05, 3.63) is 36.0 Å². The molecule has 1 aliphatic heterocycles. The molecule has 5 nitrogen and oxygen atoms in total. The fourth-order valence-electron chi connectivity index (χ4n) is 2.11. The first-order valence-corrected chi connectivity index (χ1v) is 6.74. The summed E-state index contributed by atoms with van der Waals surface area (Å²) in [6.07, 6.45) is 0.905. The van der Waals surface area contributed by atoms with Crippen molar-refractivity contribution in [3.8, 4) is 22.8 Å². The molecule has 0 radical (unpaired) electrons. The molecule has 2 heterocycles. The van der Waals surface area contributed by atoms with Crippen molar-refractivity contribution in [3.63, 3.8) is 0 Å². The molecule has 3 rings (SSSR count). The van der Waals surface area contributed by atoms with Gasteiger partial charge in [-0.1, -0.05) is 0 Å². The van der Waals surface area contributed by atoms with Crippen molar-refractivity contribution in [2.75, 3.05) is 20.3 Å². The summed E-state index contributed by atoms with van der Waals surface area (Å²) in [6, 6.07) is 9.82. The number of hydrogen-bond donors (Lipinski definition) is 1. The van der Waals surface area contributed by atoms with Crippen LogP contribution in [0, 0.1) is 0 Å². The molecule has 20 heavy (non-hydrogen) atoms. The fraction of sp³-hybridized carbons (Fsp3) is 0.333. The number of hydrogen-bond acceptors (Lipinski definition) is 5. The van der Waals surface area contributed by atoms with Crippen molar-refractivity contribution in [1.82, 2.24) is 15.5 Å². The van der Waals surface area contributed by atoms with Gasteiger partial charge in [-0.05, 0) is 37.4 Å². The lowest BCUT2D eigenvalue weighted by atomic mass is 10.1. The second-order valence-electron chi connectivity index (χ2n) is 4.65. The normalized spacial score (nSPS) is 13.8. The van der Waals surface area contributed by atoms with E-state index in [0.29, 0.717) is 19.8 Å². The van der Waals surface area contributed by atoms with E-state index in [2.05, 4.69) is 15.5 Å². The first-order valence-electron chi connectivity index (χ1n) is 6.74. The van der Waals surface area contributed by atoms with Gasteiger partial charge in [-0.2, -0.15) is 10.2 Å². The second kappa shape index (κ2) is 5.88. The van der Waals surface area contributed by atoms with Gasteiger partial charge in [-0.25, -0.2) is 0 Å². The molecule has 5 heteroatoms. The minimum atomic E-state index is 0.684. The van der Waals surface area contributed by atoms with Crippen LogP contribution in [0.4, 0.5) is 0 Å². The standard InChI is InChI=1S/C15H17N3O2/c1-16-10-12-4-5-13(18-17-12)11-3-6-14-15(9-11)20-8-2-7-19-14/h3-6,9,16H,2,7-8,10H2,1H3. The molecule has 0 fully saturated rings. The average Bonchev–Trinajstić information content (AvgIpc) is 2.73. The van der Waals surface area contributed by atoms with E-state index in [9.17, 15) is 0 Å². The molecule has 0 saturated heterocycles. The van der Waals surface area contributed by atoms with E-state index in [-0.39, 0.29) is 0 Å². The predicted octanol–water partition coefficient (Wildman–Crippen LogP) is 2.02. The summed E-state index contributed by atoms with van der Waals surface area (Å²) >= 11 is 0. The van der Waals surface area contributed by atoms with Crippen LogP contribution in [0.5, 0.6) is 11.5 Å². The lowest BCUT2D eigenvalue weighted by Crippen LogP contribution is -2.07. The summed E-state index contributed by atoms with van der Waals surface area (Å²) in [7, 11) is 1.89. The number of rotatable bonds is 3. The third kappa shape index (κ3) is 2.72. The largest absolute Gasteiger partial charge is 0.490 e. The van der Waals surface area contributed by atoms with Gasteiger partial charge in [0, 0.05) is 18.5 Å². The monoisotopic (exact) mass is 271 g/mol. The van der Waals surface area contributed by atoms with Crippen molar-refractivity contribution >= 4 is 0 Å². The molecule has 2 aromatic rings. The third-order valence-corrected chi connectivity index (χ3v) is 3.12. The molecular formula is C15H17N3O2. The highest BCUT2D eigenvalue weighted by atomic mass is 16.5. The number of aromatic nitrogens is 2. The maximum atomic E-state index is 5.69. The van der Waals surface area contributed by atoms with Gasteiger partial charge in [-0.15, -0.1) is 0 Å². The van der Waals surface area contributed by atoms with Crippen LogP contribution in [0.1, 0.15) is 12.1 Å². The summed E-state index contributed by atoms with van der Waals surface area (Å²) in [6.45, 7) is 2.10. The zero-order valence-corrected chi connectivity index (χ0v) is 11.4. The SMILES string of the molecule is CNCc1ccc(-c2ccc3c(c2)OCCCO3)nn1. The molecule has 1 aromatic carbocycles. The van der Waals surface area contributed by atoms with Crippen LogP contribution in [0.3, 0.4) is 0 Å². The Morgan fingerprint density at radius 1 is 1.05 bits per heavy atom. The van der Waals surface area contributed by atoms with Gasteiger partial charge in [0.25, 0.3) is 0 Å². The molecule has 0 amide bonds. The van der Waals surface area contributed by atoms with Crippen LogP contribution >= 0.6 is 0 Å². The summed E-state index contributed by atoms with van der Waals surface area (Å²) in [5.74, 6) is 1.58. The van der Waals surface area contributed by atoms with Crippen LogP contribution in [0.25, 0.3) is 11.3 Å². The highest BCUT2D eigenvalue weighted by molar-refractivity contribution is 5.63. The minimum absolute atomic E-state index is 0.684. The molecular weight excluding hydrogens is 254 g/mol. The molecule has 1 N–H and O–H groups in total. The summed E-state index contributed by atoms with van der Waals surface area (Å²) in [5, 5.41) is 11.5. The Hall–Kier alpha value is -2.14. The van der Waals surface area contributed by atoms with Gasteiger partial charge in [0.05, 0.1) is 24.6 Å². The van der Waals surface area contributed by atoms with Crippen LogP contribution in [-0.4, -0.2) is 30.5 Å². The van der Waals surface area contributed by atoms with Gasteiger partial charge < -0.3 is 14.8 Å². The van der Waals surface area contributed by atoms with E-state index in [1.165, 1.54) is 0 Å². The molecule has 0 unspecified atom stereocenters. The van der Waals surface area contributed by atoms with Crippen molar-refractivity contribution in [2.24, 2.45) is 0 Å². The van der Waals surface area contributed by atoms with E-state index in [1.54, 1.807) is 0 Å². The predicted molar refractivity (Wildman–Crippen MR) is 75.8 cm³/mol. The van der Waals surface area contributed by atoms with Crippen molar-refractivity contribution < 1.29 is 9.47 Å². The number of nitrogens with zero attached hydrogens (tertiary/aromatic N) is 2. The van der Waals surface area contributed by atoms with Gasteiger partial charge in [0.2, 0.25) is 0 Å². The summed E-state index contributed by atoms with van der Waals surface area (Å²) < 4.78 is 11.3. The Morgan fingerprint density at radius 2 is 1.90 bits per heavy atom. The van der Waals surface area contributed by atoms with Crippen LogP contribution in [0.15, 0.2) is 30.3 Å². The van der Waals surface area contributed by atoms with Gasteiger partial charge in [-0.3, -0.25) is 0 Å². The Balaban J connectivity index is 1.88. The molecule has 0 aliphatic carbocycles. The first kappa shape index (κ1) is 12.9. The Kier molecular flexibility index (Phi) is 3.78. The molecule has 0 saturated carbocycles.